The molecule has 105 valence electrons. The second-order valence-corrected chi connectivity index (χ2v) is 5.74. The summed E-state index contributed by atoms with van der Waals surface area (Å²) in [5.41, 5.74) is 15.0. The summed E-state index contributed by atoms with van der Waals surface area (Å²) in [7, 11) is 2.24. The van der Waals surface area contributed by atoms with Crippen LogP contribution in [0.3, 0.4) is 0 Å². The monoisotopic (exact) mass is 283 g/mol. The minimum atomic E-state index is 0.793. The molecule has 1 aliphatic rings. The van der Waals surface area contributed by atoms with Crippen molar-refractivity contribution < 1.29 is 0 Å². The Balaban J connectivity index is 1.78. The highest BCUT2D eigenvalue weighted by Gasteiger charge is 2.18. The third-order valence-corrected chi connectivity index (χ3v) is 4.14. The largest absolute Gasteiger partial charge is 0.399 e. The summed E-state index contributed by atoms with van der Waals surface area (Å²) in [6.07, 6.45) is 0. The molecule has 0 spiro atoms. The van der Waals surface area contributed by atoms with Crippen molar-refractivity contribution >= 4 is 35.3 Å². The number of hydrogen-bond donors (Lipinski definition) is 2. The van der Waals surface area contributed by atoms with Crippen LogP contribution in [0.2, 0.25) is 0 Å². The minimum absolute atomic E-state index is 0.793. The van der Waals surface area contributed by atoms with Gasteiger partial charge in [-0.3, -0.25) is 0 Å². The predicted molar refractivity (Wildman–Crippen MR) is 95.8 cm³/mol. The highest BCUT2D eigenvalue weighted by molar-refractivity contribution is 6.72. The lowest BCUT2D eigenvalue weighted by molar-refractivity contribution is 1.48. The first-order valence-corrected chi connectivity index (χ1v) is 7.42. The van der Waals surface area contributed by atoms with Gasteiger partial charge in [0, 0.05) is 17.1 Å². The first kappa shape index (κ1) is 13.0. The van der Waals surface area contributed by atoms with Gasteiger partial charge in [0.2, 0.25) is 0 Å². The summed E-state index contributed by atoms with van der Waals surface area (Å²) in [5, 5.41) is 3.49. The molecule has 0 aliphatic carbocycles. The van der Waals surface area contributed by atoms with Crippen molar-refractivity contribution in [2.45, 2.75) is 6.92 Å². The SMILES string of the molecule is Cc1cc(N)cc2c1[B]c1cc(-c3ccccc3)ccc1N2. The molecule has 0 saturated heterocycles. The lowest BCUT2D eigenvalue weighted by Gasteiger charge is -2.24. The van der Waals surface area contributed by atoms with E-state index in [0.717, 1.165) is 17.1 Å². The van der Waals surface area contributed by atoms with E-state index in [1.54, 1.807) is 0 Å². The topological polar surface area (TPSA) is 38.0 Å². The van der Waals surface area contributed by atoms with E-state index in [4.69, 9.17) is 5.73 Å². The molecule has 3 heteroatoms. The van der Waals surface area contributed by atoms with Gasteiger partial charge in [-0.1, -0.05) is 59.0 Å². The number of anilines is 3. The molecule has 0 bridgehead atoms. The summed E-state index contributed by atoms with van der Waals surface area (Å²) in [6, 6.07) is 21.0. The van der Waals surface area contributed by atoms with Crippen molar-refractivity contribution in [3.63, 3.8) is 0 Å². The van der Waals surface area contributed by atoms with E-state index in [1.807, 2.05) is 18.2 Å². The fraction of sp³-hybridized carbons (Fsp3) is 0.0526. The van der Waals surface area contributed by atoms with E-state index >= 15 is 0 Å². The number of fused-ring (bicyclic) bond motifs is 2. The van der Waals surface area contributed by atoms with Gasteiger partial charge in [-0.2, -0.15) is 0 Å². The van der Waals surface area contributed by atoms with Crippen LogP contribution in [0.1, 0.15) is 5.56 Å². The number of hydrogen-bond acceptors (Lipinski definition) is 2. The van der Waals surface area contributed by atoms with Crippen molar-refractivity contribution in [1.29, 1.82) is 0 Å². The van der Waals surface area contributed by atoms with Gasteiger partial charge < -0.3 is 11.1 Å². The normalized spacial score (nSPS) is 11.9. The first-order chi connectivity index (χ1) is 10.7. The summed E-state index contributed by atoms with van der Waals surface area (Å²) < 4.78 is 0. The molecule has 0 aromatic heterocycles. The summed E-state index contributed by atoms with van der Waals surface area (Å²) in [5.74, 6) is 0. The zero-order valence-electron chi connectivity index (χ0n) is 12.4. The van der Waals surface area contributed by atoms with Crippen LogP contribution >= 0.6 is 0 Å². The molecule has 0 fully saturated rings. The maximum absolute atomic E-state index is 5.95. The molecule has 4 rings (SSSR count). The minimum Gasteiger partial charge on any atom is -0.399 e. The molecular weight excluding hydrogens is 267 g/mol. The van der Waals surface area contributed by atoms with E-state index in [9.17, 15) is 0 Å². The fourth-order valence-corrected chi connectivity index (χ4v) is 3.03. The Morgan fingerprint density at radius 3 is 2.50 bits per heavy atom. The average Bonchev–Trinajstić information content (AvgIpc) is 2.53. The van der Waals surface area contributed by atoms with Gasteiger partial charge >= 0.3 is 0 Å². The molecule has 0 saturated carbocycles. The first-order valence-electron chi connectivity index (χ1n) is 7.42. The van der Waals surface area contributed by atoms with E-state index in [1.165, 1.54) is 27.6 Å². The summed E-state index contributed by atoms with van der Waals surface area (Å²) >= 11 is 0. The highest BCUT2D eigenvalue weighted by Crippen LogP contribution is 2.25. The maximum Gasteiger partial charge on any atom is 0.197 e. The zero-order valence-corrected chi connectivity index (χ0v) is 12.4. The second kappa shape index (κ2) is 4.95. The van der Waals surface area contributed by atoms with Crippen LogP contribution in [0, 0.1) is 6.92 Å². The molecule has 2 nitrogen and oxygen atoms in total. The van der Waals surface area contributed by atoms with Crippen LogP contribution in [0.4, 0.5) is 17.1 Å². The molecule has 22 heavy (non-hydrogen) atoms. The second-order valence-electron chi connectivity index (χ2n) is 5.74. The smallest absolute Gasteiger partial charge is 0.197 e. The number of nitrogen functional groups attached to an aromatic ring is 1. The average molecular weight is 283 g/mol. The standard InChI is InChI=1S/C19H16BN2/c1-12-9-15(21)11-18-19(12)20-16-10-14(7-8-17(16)22-18)13-5-3-2-4-6-13/h2-11,22H,21H2,1H3. The van der Waals surface area contributed by atoms with Gasteiger partial charge in [-0.05, 0) is 36.2 Å². The Hall–Kier alpha value is -2.68. The van der Waals surface area contributed by atoms with E-state index in [-0.39, 0.29) is 0 Å². The molecule has 1 aliphatic heterocycles. The van der Waals surface area contributed by atoms with Crippen LogP contribution in [-0.2, 0) is 0 Å². The highest BCUT2D eigenvalue weighted by atomic mass is 14.9. The Morgan fingerprint density at radius 2 is 1.68 bits per heavy atom. The molecule has 1 heterocycles. The molecule has 0 amide bonds. The van der Waals surface area contributed by atoms with Crippen molar-refractivity contribution in [3.05, 3.63) is 66.2 Å². The molecule has 3 N–H and O–H groups in total. The van der Waals surface area contributed by atoms with Gasteiger partial charge in [0.05, 0.1) is 0 Å². The zero-order chi connectivity index (χ0) is 15.1. The number of aryl methyl sites for hydroxylation is 1. The third kappa shape index (κ3) is 2.15. The lowest BCUT2D eigenvalue weighted by Crippen LogP contribution is -2.37. The third-order valence-electron chi connectivity index (χ3n) is 4.14. The maximum atomic E-state index is 5.95. The number of nitrogens with one attached hydrogen (secondary N) is 1. The van der Waals surface area contributed by atoms with E-state index in [2.05, 4.69) is 62.0 Å². The van der Waals surface area contributed by atoms with Crippen molar-refractivity contribution in [2.75, 3.05) is 11.1 Å². The molecule has 3 aromatic rings. The molecule has 1 radical (unpaired) electrons. The van der Waals surface area contributed by atoms with Gasteiger partial charge in [-0.15, -0.1) is 0 Å². The van der Waals surface area contributed by atoms with Gasteiger partial charge in [0.1, 0.15) is 0 Å². The van der Waals surface area contributed by atoms with Crippen molar-refractivity contribution in [3.8, 4) is 11.1 Å². The fourth-order valence-electron chi connectivity index (χ4n) is 3.03. The van der Waals surface area contributed by atoms with Crippen molar-refractivity contribution in [1.82, 2.24) is 0 Å². The van der Waals surface area contributed by atoms with Crippen LogP contribution in [0.15, 0.2) is 60.7 Å². The van der Waals surface area contributed by atoms with E-state index in [0.29, 0.717) is 0 Å². The molecule has 0 atom stereocenters. The summed E-state index contributed by atoms with van der Waals surface area (Å²) in [4.78, 5) is 0. The van der Waals surface area contributed by atoms with Crippen LogP contribution in [-0.4, -0.2) is 7.28 Å². The number of rotatable bonds is 1. The Labute approximate surface area is 131 Å². The lowest BCUT2D eigenvalue weighted by atomic mass is 9.59. The van der Waals surface area contributed by atoms with Crippen LogP contribution in [0.5, 0.6) is 0 Å². The van der Waals surface area contributed by atoms with Gasteiger partial charge in [0.15, 0.2) is 7.28 Å². The van der Waals surface area contributed by atoms with E-state index < -0.39 is 0 Å². The quantitative estimate of drug-likeness (QED) is 0.416. The molecule has 3 aromatic carbocycles. The molecular formula is C19H16BN2. The Bertz CT molecular complexity index is 857. The Morgan fingerprint density at radius 1 is 0.864 bits per heavy atom. The Kier molecular flexibility index (Phi) is 2.93. The van der Waals surface area contributed by atoms with Crippen LogP contribution in [0.25, 0.3) is 11.1 Å². The van der Waals surface area contributed by atoms with Gasteiger partial charge in [-0.25, -0.2) is 0 Å². The summed E-state index contributed by atoms with van der Waals surface area (Å²) in [6.45, 7) is 2.10. The predicted octanol–water partition coefficient (Wildman–Crippen LogP) is 2.96. The molecule has 0 unspecified atom stereocenters. The number of nitrogens with two attached hydrogens (primary N) is 1. The van der Waals surface area contributed by atoms with Crippen LogP contribution < -0.4 is 22.0 Å². The van der Waals surface area contributed by atoms with Gasteiger partial charge in [0.25, 0.3) is 0 Å². The number of benzene rings is 3. The van der Waals surface area contributed by atoms with Crippen molar-refractivity contribution in [2.24, 2.45) is 0 Å².